The van der Waals surface area contributed by atoms with Gasteiger partial charge in [-0.3, -0.25) is 0 Å². The van der Waals surface area contributed by atoms with Crippen molar-refractivity contribution in [3.05, 3.63) is 184 Å². The molecule has 0 radical (unpaired) electrons. The zero-order valence-corrected chi connectivity index (χ0v) is 32.7. The Morgan fingerprint density at radius 1 is 0.611 bits per heavy atom. The van der Waals surface area contributed by atoms with Gasteiger partial charge in [-0.2, -0.15) is 0 Å². The van der Waals surface area contributed by atoms with Gasteiger partial charge in [0.1, 0.15) is 7.85 Å². The van der Waals surface area contributed by atoms with Crippen molar-refractivity contribution in [3.8, 4) is 22.3 Å². The van der Waals surface area contributed by atoms with Crippen LogP contribution in [0.25, 0.3) is 38.9 Å². The molecule has 2 aliphatic heterocycles. The van der Waals surface area contributed by atoms with Crippen LogP contribution in [-0.4, -0.2) is 14.6 Å². The molecule has 0 aromatic heterocycles. The first-order valence-corrected chi connectivity index (χ1v) is 19.6. The second-order valence-corrected chi connectivity index (χ2v) is 16.8. The molecular formula is C51H45B2N. The van der Waals surface area contributed by atoms with Crippen LogP contribution in [0.2, 0.25) is 0 Å². The van der Waals surface area contributed by atoms with Crippen LogP contribution in [0.4, 0.5) is 11.4 Å². The standard InChI is InChI=1S/C51H45B2N/c1-8-33(32-17-10-9-11-18-32)46(29-52)54-44-28-42-38(36-19-12-14-23-40(36)50(42,4)5)27-43(44)53-48-39(25-30(2)26-45(48)54)34-21-16-22-35(31(34)3)47-49(53)37-20-13-15-24-41(37)51(47,6)7/h8-29H,52H2,1-7H3/b33-8-,46-29+. The van der Waals surface area contributed by atoms with Gasteiger partial charge in [-0.25, -0.2) is 0 Å². The first-order chi connectivity index (χ1) is 26.1. The second-order valence-electron chi connectivity index (χ2n) is 16.8. The van der Waals surface area contributed by atoms with E-state index in [0.717, 1.165) is 0 Å². The van der Waals surface area contributed by atoms with Gasteiger partial charge in [0.05, 0.1) is 0 Å². The number of aryl methyl sites for hydroxylation is 1. The molecule has 0 unspecified atom stereocenters. The van der Waals surface area contributed by atoms with Crippen molar-refractivity contribution < 1.29 is 0 Å². The molecule has 260 valence electrons. The Hall–Kier alpha value is -5.53. The fourth-order valence-corrected chi connectivity index (χ4v) is 10.8. The van der Waals surface area contributed by atoms with Crippen LogP contribution < -0.4 is 15.8 Å². The maximum Gasteiger partial charge on any atom is 0.248 e. The van der Waals surface area contributed by atoms with Crippen molar-refractivity contribution >= 4 is 53.5 Å². The summed E-state index contributed by atoms with van der Waals surface area (Å²) in [5.41, 5.74) is 26.7. The van der Waals surface area contributed by atoms with Crippen molar-refractivity contribution in [2.75, 3.05) is 4.90 Å². The van der Waals surface area contributed by atoms with E-state index in [4.69, 9.17) is 0 Å². The molecule has 0 N–H and O–H groups in total. The maximum atomic E-state index is 2.63. The Morgan fingerprint density at radius 2 is 1.26 bits per heavy atom. The van der Waals surface area contributed by atoms with Crippen molar-refractivity contribution in [2.45, 2.75) is 59.3 Å². The normalized spacial score (nSPS) is 16.9. The van der Waals surface area contributed by atoms with E-state index in [2.05, 4.69) is 195 Å². The average molecular weight is 694 g/mol. The van der Waals surface area contributed by atoms with Crippen molar-refractivity contribution in [3.63, 3.8) is 0 Å². The molecule has 2 aliphatic carbocycles. The summed E-state index contributed by atoms with van der Waals surface area (Å²) in [6, 6.07) is 46.4. The highest BCUT2D eigenvalue weighted by molar-refractivity contribution is 7.04. The van der Waals surface area contributed by atoms with Crippen molar-refractivity contribution in [2.24, 2.45) is 0 Å². The zero-order chi connectivity index (χ0) is 37.3. The summed E-state index contributed by atoms with van der Waals surface area (Å²) in [4.78, 5) is 2.63. The predicted octanol–water partition coefficient (Wildman–Crippen LogP) is 10.7. The lowest BCUT2D eigenvalue weighted by molar-refractivity contribution is 0.660. The summed E-state index contributed by atoms with van der Waals surface area (Å²) in [5, 5.41) is 0. The highest BCUT2D eigenvalue weighted by Crippen LogP contribution is 2.57. The maximum absolute atomic E-state index is 2.63. The fourth-order valence-electron chi connectivity index (χ4n) is 10.8. The topological polar surface area (TPSA) is 3.24 Å². The number of allylic oxidation sites excluding steroid dienone is 3. The highest BCUT2D eigenvalue weighted by atomic mass is 15.2. The zero-order valence-electron chi connectivity index (χ0n) is 32.7. The summed E-state index contributed by atoms with van der Waals surface area (Å²) >= 11 is 0. The Bertz CT molecular complexity index is 2710. The van der Waals surface area contributed by atoms with E-state index >= 15 is 0 Å². The van der Waals surface area contributed by atoms with Gasteiger partial charge < -0.3 is 4.90 Å². The molecular weight excluding hydrogens is 648 g/mol. The van der Waals surface area contributed by atoms with E-state index in [0.29, 0.717) is 0 Å². The molecule has 0 amide bonds. The lowest BCUT2D eigenvalue weighted by Crippen LogP contribution is -2.53. The lowest BCUT2D eigenvalue weighted by Gasteiger charge is -2.42. The van der Waals surface area contributed by atoms with Gasteiger partial charge in [-0.1, -0.05) is 154 Å². The minimum Gasteiger partial charge on any atom is -0.312 e. The van der Waals surface area contributed by atoms with E-state index < -0.39 is 0 Å². The molecule has 0 saturated heterocycles. The summed E-state index contributed by atoms with van der Waals surface area (Å²) in [5.74, 6) is 2.34. The smallest absolute Gasteiger partial charge is 0.248 e. The summed E-state index contributed by atoms with van der Waals surface area (Å²) in [7, 11) is 2.21. The number of anilines is 2. The molecule has 0 atom stereocenters. The molecule has 6 aromatic rings. The largest absolute Gasteiger partial charge is 0.312 e. The van der Waals surface area contributed by atoms with E-state index in [-0.39, 0.29) is 17.5 Å². The highest BCUT2D eigenvalue weighted by Gasteiger charge is 2.49. The van der Waals surface area contributed by atoms with Crippen LogP contribution >= 0.6 is 0 Å². The third kappa shape index (κ3) is 4.24. The first kappa shape index (κ1) is 33.1. The molecule has 0 fully saturated rings. The monoisotopic (exact) mass is 693 g/mol. The number of nitrogens with zero attached hydrogens (tertiary/aromatic N) is 1. The van der Waals surface area contributed by atoms with Crippen LogP contribution in [0.15, 0.2) is 139 Å². The fraction of sp³-hybridized carbons (Fsp3) is 0.176. The molecule has 10 rings (SSSR count). The molecule has 6 aromatic carbocycles. The van der Waals surface area contributed by atoms with Crippen LogP contribution in [0.5, 0.6) is 0 Å². The number of hydrogen-bond acceptors (Lipinski definition) is 1. The van der Waals surface area contributed by atoms with E-state index in [9.17, 15) is 0 Å². The van der Waals surface area contributed by atoms with Gasteiger partial charge >= 0.3 is 0 Å². The molecule has 0 saturated carbocycles. The van der Waals surface area contributed by atoms with Gasteiger partial charge in [0.2, 0.25) is 6.71 Å². The molecule has 54 heavy (non-hydrogen) atoms. The number of rotatable bonds is 3. The van der Waals surface area contributed by atoms with E-state index in [1.54, 1.807) is 0 Å². The van der Waals surface area contributed by atoms with Gasteiger partial charge in [0.15, 0.2) is 0 Å². The molecule has 3 heteroatoms. The first-order valence-electron chi connectivity index (χ1n) is 19.6. The molecule has 4 aliphatic rings. The van der Waals surface area contributed by atoms with Crippen molar-refractivity contribution in [1.29, 1.82) is 0 Å². The summed E-state index contributed by atoms with van der Waals surface area (Å²) in [6.45, 7) is 16.6. The number of benzene rings is 6. The third-order valence-corrected chi connectivity index (χ3v) is 13.2. The van der Waals surface area contributed by atoms with Gasteiger partial charge in [-0.15, -0.1) is 0 Å². The molecule has 2 heterocycles. The lowest BCUT2D eigenvalue weighted by atomic mass is 9.32. The van der Waals surface area contributed by atoms with E-state index in [1.165, 1.54) is 111 Å². The predicted molar refractivity (Wildman–Crippen MR) is 236 cm³/mol. The third-order valence-electron chi connectivity index (χ3n) is 13.2. The average Bonchev–Trinajstić information content (AvgIpc) is 3.54. The Morgan fingerprint density at radius 3 is 1.98 bits per heavy atom. The Kier molecular flexibility index (Phi) is 7.03. The Labute approximate surface area is 322 Å². The second kappa shape index (κ2) is 11.5. The molecule has 0 spiro atoms. The van der Waals surface area contributed by atoms with Gasteiger partial charge in [-0.05, 0) is 116 Å². The minimum atomic E-state index is -0.166. The molecule has 2 bridgehead atoms. The summed E-state index contributed by atoms with van der Waals surface area (Å²) in [6.07, 6.45) is 2.30. The van der Waals surface area contributed by atoms with Crippen LogP contribution in [0, 0.1) is 13.8 Å². The number of hydrogen-bond donors (Lipinski definition) is 0. The quantitative estimate of drug-likeness (QED) is 0.132. The minimum absolute atomic E-state index is 0.0304. The van der Waals surface area contributed by atoms with Crippen LogP contribution in [0.3, 0.4) is 0 Å². The van der Waals surface area contributed by atoms with E-state index in [1.807, 2.05) is 0 Å². The molecule has 1 nitrogen and oxygen atoms in total. The number of fused-ring (bicyclic) bond motifs is 12. The van der Waals surface area contributed by atoms with Crippen LogP contribution in [0.1, 0.15) is 79.1 Å². The van der Waals surface area contributed by atoms with Crippen LogP contribution in [-0.2, 0) is 10.8 Å². The Balaban J connectivity index is 1.40. The SMILES string of the molecule is B/C=C(\C(=C/C)c1ccccc1)N1c2cc3c(cc2B2C4=C(c5cccc(c5C)-c5cc(C)cc1c52)C(C)(C)c1ccccc14)-c1ccccc1C3(C)C. The van der Waals surface area contributed by atoms with Crippen molar-refractivity contribution in [1.82, 2.24) is 0 Å². The van der Waals surface area contributed by atoms with Gasteiger partial charge in [0, 0.05) is 33.5 Å². The van der Waals surface area contributed by atoms with Gasteiger partial charge in [0.25, 0.3) is 0 Å². The summed E-state index contributed by atoms with van der Waals surface area (Å²) < 4.78 is 0.